The van der Waals surface area contributed by atoms with Crippen molar-refractivity contribution in [3.8, 4) is 0 Å². The summed E-state index contributed by atoms with van der Waals surface area (Å²) in [6, 6.07) is 0. The van der Waals surface area contributed by atoms with Crippen LogP contribution >= 0.6 is 15.6 Å². The number of hydrogen-bond donors (Lipinski definition) is 4. The average Bonchev–Trinajstić information content (AvgIpc) is 0.902. The van der Waals surface area contributed by atoms with Gasteiger partial charge >= 0.3 is 33.6 Å². The number of aliphatic hydroxyl groups excluding tert-OH is 2. The fourth-order valence-corrected chi connectivity index (χ4v) is 12.7. The molecule has 0 aromatic rings. The molecule has 622 valence electrons. The number of ether oxygens (including phenoxy) is 3. The Morgan fingerprint density at radius 3 is 0.725 bits per heavy atom. The van der Waals surface area contributed by atoms with Crippen molar-refractivity contribution in [1.82, 2.24) is 0 Å². The predicted molar refractivity (Wildman–Crippen MR) is 454 cm³/mol. The third kappa shape index (κ3) is 83.7. The number of hydrogen-bond acceptors (Lipinski definition) is 14. The molecule has 5 atom stereocenters. The molecule has 0 bridgehead atoms. The summed E-state index contributed by atoms with van der Waals surface area (Å²) in [5.41, 5.74) is 0. The molecule has 16 nitrogen and oxygen atoms in total. The summed E-state index contributed by atoms with van der Waals surface area (Å²) in [6.45, 7) is 2.33. The smallest absolute Gasteiger partial charge is 0.463 e. The zero-order chi connectivity index (χ0) is 79.4. The molecular weight excluding hydrogens is 1410 g/mol. The maximum Gasteiger partial charge on any atom is 0.472 e. The largest absolute Gasteiger partial charge is 0.472 e. The van der Waals surface area contributed by atoms with E-state index in [4.69, 9.17) is 32.3 Å². The minimum atomic E-state index is -4.95. The second kappa shape index (κ2) is 82.4. The highest BCUT2D eigenvalue weighted by molar-refractivity contribution is 7.47. The van der Waals surface area contributed by atoms with Crippen LogP contribution in [-0.2, 0) is 55.8 Å². The Morgan fingerprint density at radius 1 is 0.257 bits per heavy atom. The molecule has 0 aliphatic rings. The molecule has 0 fully saturated rings. The van der Waals surface area contributed by atoms with Gasteiger partial charge in [-0.15, -0.1) is 0 Å². The number of unbranched alkanes of at least 4 members (excludes halogenated alkanes) is 28. The predicted octanol–water partition coefficient (Wildman–Crippen LogP) is 25.5. The van der Waals surface area contributed by atoms with Gasteiger partial charge in [0.25, 0.3) is 0 Å². The maximum atomic E-state index is 13.0. The first-order valence-corrected chi connectivity index (χ1v) is 45.4. The van der Waals surface area contributed by atoms with Gasteiger partial charge in [-0.05, 0) is 148 Å². The molecule has 0 saturated heterocycles. The van der Waals surface area contributed by atoms with E-state index in [1.807, 2.05) is 0 Å². The molecule has 0 saturated carbocycles. The lowest BCUT2D eigenvalue weighted by molar-refractivity contribution is -0.161. The van der Waals surface area contributed by atoms with Crippen molar-refractivity contribution in [3.05, 3.63) is 170 Å². The van der Waals surface area contributed by atoms with Crippen molar-refractivity contribution in [2.24, 2.45) is 0 Å². The molecule has 109 heavy (non-hydrogen) atoms. The monoisotopic (exact) mass is 1560 g/mol. The molecule has 5 unspecified atom stereocenters. The number of carbonyl (C=O) groups is 3. The summed E-state index contributed by atoms with van der Waals surface area (Å²) in [6.07, 6.45) is 105. The molecule has 4 N–H and O–H groups in total. The van der Waals surface area contributed by atoms with Gasteiger partial charge in [0.1, 0.15) is 25.4 Å². The molecule has 0 spiro atoms. The summed E-state index contributed by atoms with van der Waals surface area (Å²) in [5, 5.41) is 20.7. The fourth-order valence-electron chi connectivity index (χ4n) is 11.1. The summed E-state index contributed by atoms with van der Waals surface area (Å²) < 4.78 is 61.3. The number of rotatable bonds is 79. The Morgan fingerprint density at radius 2 is 0.459 bits per heavy atom. The van der Waals surface area contributed by atoms with Crippen LogP contribution in [0.5, 0.6) is 0 Å². The van der Waals surface area contributed by atoms with Gasteiger partial charge in [0.05, 0.1) is 26.4 Å². The van der Waals surface area contributed by atoms with Crippen LogP contribution in [0.25, 0.3) is 0 Å². The molecule has 0 aliphatic carbocycles. The fraction of sp³-hybridized carbons (Fsp3) is 0.659. The van der Waals surface area contributed by atoms with Crippen molar-refractivity contribution in [2.75, 3.05) is 39.6 Å². The summed E-state index contributed by atoms with van der Waals surface area (Å²) in [5.74, 6) is -1.60. The zero-order valence-electron chi connectivity index (χ0n) is 68.2. The number of carbonyl (C=O) groups excluding carboxylic acids is 3. The van der Waals surface area contributed by atoms with E-state index in [0.717, 1.165) is 193 Å². The van der Waals surface area contributed by atoms with E-state index in [1.165, 1.54) is 77.0 Å². The van der Waals surface area contributed by atoms with E-state index in [1.54, 1.807) is 0 Å². The van der Waals surface area contributed by atoms with Crippen molar-refractivity contribution >= 4 is 33.6 Å². The molecule has 0 aromatic carbocycles. The average molecular weight is 1560 g/mol. The molecule has 0 heterocycles. The lowest BCUT2D eigenvalue weighted by Gasteiger charge is -2.21. The van der Waals surface area contributed by atoms with Crippen LogP contribution in [0.3, 0.4) is 0 Å². The minimum Gasteiger partial charge on any atom is -0.463 e. The van der Waals surface area contributed by atoms with Crippen molar-refractivity contribution in [2.45, 2.75) is 347 Å². The first-order chi connectivity index (χ1) is 53.2. The van der Waals surface area contributed by atoms with E-state index in [2.05, 4.69) is 191 Å². The number of esters is 3. The van der Waals surface area contributed by atoms with Crippen LogP contribution in [0.2, 0.25) is 0 Å². The van der Waals surface area contributed by atoms with Gasteiger partial charge < -0.3 is 34.2 Å². The Labute approximate surface area is 662 Å². The van der Waals surface area contributed by atoms with Gasteiger partial charge in [-0.2, -0.15) is 0 Å². The summed E-state index contributed by atoms with van der Waals surface area (Å²) in [4.78, 5) is 58.8. The van der Waals surface area contributed by atoms with Crippen LogP contribution in [0.4, 0.5) is 0 Å². The Hall–Kier alpha value is -5.09. The van der Waals surface area contributed by atoms with E-state index in [9.17, 15) is 43.5 Å². The van der Waals surface area contributed by atoms with Crippen LogP contribution in [0.15, 0.2) is 170 Å². The second-order valence-electron chi connectivity index (χ2n) is 27.8. The quantitative estimate of drug-likeness (QED) is 0.0146. The van der Waals surface area contributed by atoms with Gasteiger partial charge in [-0.25, -0.2) is 9.13 Å². The molecule has 0 rings (SSSR count). The number of phosphoric ester groups is 2. The van der Waals surface area contributed by atoms with Crippen molar-refractivity contribution < 1.29 is 75.8 Å². The van der Waals surface area contributed by atoms with E-state index in [-0.39, 0.29) is 19.3 Å². The van der Waals surface area contributed by atoms with Gasteiger partial charge in [-0.1, -0.05) is 332 Å². The zero-order valence-corrected chi connectivity index (χ0v) is 70.0. The molecule has 0 amide bonds. The summed E-state index contributed by atoms with van der Waals surface area (Å²) in [7, 11) is -9.81. The third-order valence-electron chi connectivity index (χ3n) is 17.4. The molecule has 0 aliphatic heterocycles. The molecular formula is C91H152O16P2. The van der Waals surface area contributed by atoms with Crippen LogP contribution in [0.1, 0.15) is 329 Å². The highest BCUT2D eigenvalue weighted by Gasteiger charge is 2.29. The van der Waals surface area contributed by atoms with Crippen LogP contribution in [0, 0.1) is 0 Å². The second-order valence-corrected chi connectivity index (χ2v) is 30.7. The summed E-state index contributed by atoms with van der Waals surface area (Å²) >= 11 is 0. The standard InChI is InChI=1S/C91H152O16P2/c1-4-7-10-13-16-19-22-25-28-31-34-36-38-39-40-41-42-43-44-45-47-49-51-53-56-59-62-65-68-71-74-77-89(94)101-80-86(92)81-103-108(97,98)104-82-87(93)83-105-109(99,100)106-85-88(107-91(96)79-76-73-70-67-64-61-58-55-50-33-30-27-24-21-18-15-12-9-6-3)84-102-90(95)78-75-72-69-66-63-60-57-54-52-48-46-37-35-32-29-26-23-20-17-14-11-8-5-2/h7-12,16-21,25-30,34-37,39-40,48,50,52,55,86-88,92-93H,4-6,13-15,22-24,31-33,38,41-47,49,51,53-54,56-85H2,1-3H3,(H,97,98)(H,99,100)/b10-7-,11-8-,12-9-,19-16-,20-17-,21-18-,28-25-,29-26-,30-27-,36-34-,37-35-,40-39-,52-48-,55-50-. The molecule has 18 heteroatoms. The normalized spacial score (nSPS) is 14.7. The SMILES string of the molecule is CC/C=C\C/C=C\C/C=C\C/C=C\C/C=C\CCCCCCCCCCCCCCCCCC(=O)OCC(O)COP(=O)(O)OCC(O)COP(=O)(O)OCC(COC(=O)CCCCCCCCC/C=C\C/C=C\C/C=C\C/C=C\C/C=C\CC)OC(=O)CCCCCCCC/C=C\C/C=C\C/C=C\C/C=C\CC. The first kappa shape index (κ1) is 104. The van der Waals surface area contributed by atoms with E-state index >= 15 is 0 Å². The maximum absolute atomic E-state index is 13.0. The molecule has 0 aromatic heterocycles. The number of aliphatic hydroxyl groups is 2. The van der Waals surface area contributed by atoms with Gasteiger partial charge in [0.2, 0.25) is 0 Å². The topological polar surface area (TPSA) is 231 Å². The lowest BCUT2D eigenvalue weighted by atomic mass is 10.0. The van der Waals surface area contributed by atoms with Crippen molar-refractivity contribution in [3.63, 3.8) is 0 Å². The number of phosphoric acid groups is 2. The highest BCUT2D eigenvalue weighted by Crippen LogP contribution is 2.45. The lowest BCUT2D eigenvalue weighted by Crippen LogP contribution is -2.30. The van der Waals surface area contributed by atoms with Crippen LogP contribution < -0.4 is 0 Å². The van der Waals surface area contributed by atoms with Gasteiger partial charge in [0, 0.05) is 19.3 Å². The Bertz CT molecular complexity index is 2660. The van der Waals surface area contributed by atoms with E-state index in [0.29, 0.717) is 19.3 Å². The van der Waals surface area contributed by atoms with Crippen LogP contribution in [-0.4, -0.2) is 95.9 Å². The van der Waals surface area contributed by atoms with Crippen molar-refractivity contribution in [1.29, 1.82) is 0 Å². The first-order valence-electron chi connectivity index (χ1n) is 42.4. The number of allylic oxidation sites excluding steroid dienone is 28. The van der Waals surface area contributed by atoms with E-state index < -0.39 is 91.5 Å². The third-order valence-corrected chi connectivity index (χ3v) is 19.3. The minimum absolute atomic E-state index is 0.0805. The highest BCUT2D eigenvalue weighted by atomic mass is 31.2. The Balaban J connectivity index is 4.58. The van der Waals surface area contributed by atoms with Gasteiger partial charge in [0.15, 0.2) is 6.10 Å². The van der Waals surface area contributed by atoms with Gasteiger partial charge in [-0.3, -0.25) is 32.5 Å². The molecule has 0 radical (unpaired) electrons. The Kier molecular flexibility index (Phi) is 78.5.